The number of amides is 2. The highest BCUT2D eigenvalue weighted by molar-refractivity contribution is 14.0. The fourth-order valence-corrected chi connectivity index (χ4v) is 2.01. The van der Waals surface area contributed by atoms with Gasteiger partial charge in [-0.15, -0.1) is 29.1 Å². The second-order valence-corrected chi connectivity index (χ2v) is 6.03. The van der Waals surface area contributed by atoms with Crippen LogP contribution in [0.4, 0.5) is 5.69 Å². The standard InChI is InChI=1S/C12H13Cl3N4O2S.HI/c1-22-12(16)19-18-11(21)3-2-10(20)17-9-5-7(14)6(13)4-8(9)15;/h4-5H,2-3H2,1H3,(H2,16,19)(H,17,20)(H,18,21);1H. The molecule has 0 aliphatic rings. The number of hydrogen-bond donors (Lipinski definition) is 3. The van der Waals surface area contributed by atoms with Crippen LogP contribution >= 0.6 is 70.5 Å². The molecule has 0 bridgehead atoms. The number of carbonyl (C=O) groups excluding carboxylic acids is 2. The summed E-state index contributed by atoms with van der Waals surface area (Å²) < 4.78 is 0. The SMILES string of the molecule is CS/C(N)=N/NC(=O)CCC(=O)Nc1cc(Cl)c(Cl)cc1Cl.I. The van der Waals surface area contributed by atoms with Crippen LogP contribution < -0.4 is 16.5 Å². The van der Waals surface area contributed by atoms with Crippen molar-refractivity contribution >= 4 is 93.2 Å². The van der Waals surface area contributed by atoms with Crippen molar-refractivity contribution in [2.45, 2.75) is 12.8 Å². The fourth-order valence-electron chi connectivity index (χ4n) is 1.28. The van der Waals surface area contributed by atoms with E-state index in [-0.39, 0.29) is 57.1 Å². The Balaban J connectivity index is 0.00000484. The summed E-state index contributed by atoms with van der Waals surface area (Å²) in [5.74, 6) is -0.815. The van der Waals surface area contributed by atoms with Crippen molar-refractivity contribution < 1.29 is 9.59 Å². The first-order valence-corrected chi connectivity index (χ1v) is 8.29. The van der Waals surface area contributed by atoms with E-state index < -0.39 is 11.8 Å². The van der Waals surface area contributed by atoms with Crippen LogP contribution in [0.25, 0.3) is 0 Å². The Bertz CT molecular complexity index is 616. The molecule has 6 nitrogen and oxygen atoms in total. The van der Waals surface area contributed by atoms with Crippen LogP contribution in [0.1, 0.15) is 12.8 Å². The zero-order valence-electron chi connectivity index (χ0n) is 11.9. The first-order chi connectivity index (χ1) is 10.3. The Morgan fingerprint density at radius 1 is 1.13 bits per heavy atom. The number of hydrazone groups is 1. The summed E-state index contributed by atoms with van der Waals surface area (Å²) in [4.78, 5) is 23.2. The Kier molecular flexibility index (Phi) is 11.0. The monoisotopic (exact) mass is 510 g/mol. The lowest BCUT2D eigenvalue weighted by Crippen LogP contribution is -2.23. The van der Waals surface area contributed by atoms with Gasteiger partial charge in [0.05, 0.1) is 20.8 Å². The number of nitrogens with two attached hydrogens (primary N) is 1. The molecule has 128 valence electrons. The molecule has 2 amide bonds. The predicted octanol–water partition coefficient (Wildman–Crippen LogP) is 3.69. The molecular formula is C12H14Cl3IN4O2S. The summed E-state index contributed by atoms with van der Waals surface area (Å²) in [5.41, 5.74) is 7.97. The van der Waals surface area contributed by atoms with Gasteiger partial charge >= 0.3 is 0 Å². The van der Waals surface area contributed by atoms with Gasteiger partial charge in [0.2, 0.25) is 11.8 Å². The molecule has 0 unspecified atom stereocenters. The minimum atomic E-state index is -0.424. The average molecular weight is 512 g/mol. The van der Waals surface area contributed by atoms with Crippen LogP contribution in [-0.2, 0) is 9.59 Å². The first kappa shape index (κ1) is 22.6. The van der Waals surface area contributed by atoms with E-state index in [1.54, 1.807) is 6.26 Å². The number of carbonyl (C=O) groups is 2. The Morgan fingerprint density at radius 2 is 1.70 bits per heavy atom. The summed E-state index contributed by atoms with van der Waals surface area (Å²) in [5, 5.41) is 7.19. The number of nitrogens with zero attached hydrogens (tertiary/aromatic N) is 1. The van der Waals surface area contributed by atoms with Crippen LogP contribution in [0.15, 0.2) is 17.2 Å². The van der Waals surface area contributed by atoms with E-state index >= 15 is 0 Å². The molecule has 11 heteroatoms. The lowest BCUT2D eigenvalue weighted by molar-refractivity contribution is -0.124. The minimum absolute atomic E-state index is 0. The maximum absolute atomic E-state index is 11.8. The number of halogens is 4. The molecule has 1 aromatic rings. The molecule has 4 N–H and O–H groups in total. The third-order valence-electron chi connectivity index (χ3n) is 2.36. The van der Waals surface area contributed by atoms with Crippen LogP contribution in [0.5, 0.6) is 0 Å². The van der Waals surface area contributed by atoms with Crippen molar-refractivity contribution in [1.29, 1.82) is 0 Å². The quantitative estimate of drug-likeness (QED) is 0.185. The van der Waals surface area contributed by atoms with Crippen molar-refractivity contribution in [3.63, 3.8) is 0 Å². The highest BCUT2D eigenvalue weighted by Crippen LogP contribution is 2.32. The van der Waals surface area contributed by atoms with Crippen LogP contribution in [0.3, 0.4) is 0 Å². The minimum Gasteiger partial charge on any atom is -0.377 e. The van der Waals surface area contributed by atoms with Gasteiger partial charge in [0.25, 0.3) is 0 Å². The van der Waals surface area contributed by atoms with Gasteiger partial charge in [0.1, 0.15) is 0 Å². The molecule has 1 aromatic carbocycles. The molecule has 0 spiro atoms. The summed E-state index contributed by atoms with van der Waals surface area (Å²) in [6, 6.07) is 2.86. The van der Waals surface area contributed by atoms with Gasteiger partial charge in [0, 0.05) is 12.8 Å². The van der Waals surface area contributed by atoms with Crippen molar-refractivity contribution in [1.82, 2.24) is 5.43 Å². The molecule has 0 fully saturated rings. The predicted molar refractivity (Wildman–Crippen MR) is 108 cm³/mol. The first-order valence-electron chi connectivity index (χ1n) is 5.94. The smallest absolute Gasteiger partial charge is 0.240 e. The number of nitrogens with one attached hydrogen (secondary N) is 2. The van der Waals surface area contributed by atoms with Gasteiger partial charge in [-0.1, -0.05) is 46.6 Å². The van der Waals surface area contributed by atoms with Crippen LogP contribution in [0, 0.1) is 0 Å². The number of thioether (sulfide) groups is 1. The summed E-state index contributed by atoms with van der Waals surface area (Å²) in [7, 11) is 0. The molecule has 0 aromatic heterocycles. The summed E-state index contributed by atoms with van der Waals surface area (Å²) in [6.45, 7) is 0. The van der Waals surface area contributed by atoms with E-state index in [1.807, 2.05) is 0 Å². The van der Waals surface area contributed by atoms with Gasteiger partial charge in [-0.05, 0) is 18.4 Å². The number of benzene rings is 1. The molecule has 0 saturated carbocycles. The topological polar surface area (TPSA) is 96.6 Å². The Morgan fingerprint density at radius 3 is 2.30 bits per heavy atom. The maximum atomic E-state index is 11.8. The molecule has 0 aliphatic heterocycles. The number of anilines is 1. The highest BCUT2D eigenvalue weighted by Gasteiger charge is 2.11. The van der Waals surface area contributed by atoms with Crippen molar-refractivity contribution in [3.05, 3.63) is 27.2 Å². The third-order valence-corrected chi connectivity index (χ3v) is 3.91. The van der Waals surface area contributed by atoms with Gasteiger partial charge in [-0.2, -0.15) is 0 Å². The van der Waals surface area contributed by atoms with Gasteiger partial charge < -0.3 is 11.1 Å². The second-order valence-electron chi connectivity index (χ2n) is 3.98. The van der Waals surface area contributed by atoms with E-state index in [2.05, 4.69) is 15.8 Å². The maximum Gasteiger partial charge on any atom is 0.240 e. The molecular weight excluding hydrogens is 497 g/mol. The molecule has 0 atom stereocenters. The molecule has 0 saturated heterocycles. The zero-order chi connectivity index (χ0) is 16.7. The molecule has 0 radical (unpaired) electrons. The molecule has 0 heterocycles. The van der Waals surface area contributed by atoms with Gasteiger partial charge in [-0.25, -0.2) is 5.43 Å². The van der Waals surface area contributed by atoms with E-state index in [0.29, 0.717) is 5.69 Å². The van der Waals surface area contributed by atoms with Crippen LogP contribution in [-0.4, -0.2) is 23.2 Å². The highest BCUT2D eigenvalue weighted by atomic mass is 127. The second kappa shape index (κ2) is 11.2. The number of rotatable bonds is 5. The largest absolute Gasteiger partial charge is 0.377 e. The number of amidine groups is 1. The summed E-state index contributed by atoms with van der Waals surface area (Å²) >= 11 is 18.8. The van der Waals surface area contributed by atoms with Crippen molar-refractivity contribution in [2.75, 3.05) is 11.6 Å². The Hall–Kier alpha value is -0.420. The average Bonchev–Trinajstić information content (AvgIpc) is 2.48. The van der Waals surface area contributed by atoms with Gasteiger partial charge in [-0.3, -0.25) is 9.59 Å². The van der Waals surface area contributed by atoms with Gasteiger partial charge in [0.15, 0.2) is 5.17 Å². The molecule has 1 rings (SSSR count). The lowest BCUT2D eigenvalue weighted by atomic mass is 10.2. The fraction of sp³-hybridized carbons (Fsp3) is 0.250. The molecule has 23 heavy (non-hydrogen) atoms. The Labute approximate surface area is 169 Å². The van der Waals surface area contributed by atoms with E-state index in [1.165, 1.54) is 23.9 Å². The van der Waals surface area contributed by atoms with Crippen LogP contribution in [0.2, 0.25) is 15.1 Å². The van der Waals surface area contributed by atoms with Crippen molar-refractivity contribution in [3.8, 4) is 0 Å². The van der Waals surface area contributed by atoms with Crippen molar-refractivity contribution in [2.24, 2.45) is 10.8 Å². The van der Waals surface area contributed by atoms with E-state index in [4.69, 9.17) is 40.5 Å². The van der Waals surface area contributed by atoms with E-state index in [0.717, 1.165) is 0 Å². The normalized spacial score (nSPS) is 10.7. The lowest BCUT2D eigenvalue weighted by Gasteiger charge is -2.08. The summed E-state index contributed by atoms with van der Waals surface area (Å²) in [6.07, 6.45) is 1.63. The third kappa shape index (κ3) is 8.30. The molecule has 0 aliphatic carbocycles. The number of hydrogen-bond acceptors (Lipinski definition) is 4. The zero-order valence-corrected chi connectivity index (χ0v) is 17.3. The van der Waals surface area contributed by atoms with E-state index in [9.17, 15) is 9.59 Å².